The van der Waals surface area contributed by atoms with Gasteiger partial charge in [0.2, 0.25) is 0 Å². The zero-order valence-electron chi connectivity index (χ0n) is 17.7. The lowest BCUT2D eigenvalue weighted by atomic mass is 9.74. The Morgan fingerprint density at radius 3 is 2.50 bits per heavy atom. The van der Waals surface area contributed by atoms with E-state index in [0.29, 0.717) is 19.8 Å². The number of guanidine groups is 1. The average Bonchev–Trinajstić information content (AvgIpc) is 3.04. The zero-order valence-corrected chi connectivity index (χ0v) is 17.7. The molecule has 2 aliphatic heterocycles. The Balaban J connectivity index is 1.54. The number of aliphatic imine (C=N–C) groups is 1. The first-order chi connectivity index (χ1) is 14.8. The minimum absolute atomic E-state index is 0.00653. The Bertz CT molecular complexity index is 848. The summed E-state index contributed by atoms with van der Waals surface area (Å²) in [6.07, 6.45) is 2.85. The highest BCUT2D eigenvalue weighted by Crippen LogP contribution is 2.35. The van der Waals surface area contributed by atoms with Crippen molar-refractivity contribution in [2.45, 2.75) is 31.6 Å². The molecule has 0 saturated carbocycles. The van der Waals surface area contributed by atoms with Gasteiger partial charge in [0.05, 0.1) is 19.8 Å². The molecular weight excluding hydrogens is 378 g/mol. The van der Waals surface area contributed by atoms with E-state index < -0.39 is 0 Å². The number of ether oxygens (including phenoxy) is 3. The van der Waals surface area contributed by atoms with Gasteiger partial charge < -0.3 is 24.8 Å². The molecule has 6 nitrogen and oxygen atoms in total. The van der Waals surface area contributed by atoms with E-state index in [4.69, 9.17) is 19.2 Å². The molecule has 0 unspecified atom stereocenters. The molecule has 0 amide bonds. The van der Waals surface area contributed by atoms with Gasteiger partial charge in [-0.25, -0.2) is 0 Å². The van der Waals surface area contributed by atoms with E-state index in [9.17, 15) is 0 Å². The second kappa shape index (κ2) is 9.85. The molecular formula is C24H31N3O3. The Labute approximate surface area is 178 Å². The molecule has 2 aromatic carbocycles. The summed E-state index contributed by atoms with van der Waals surface area (Å²) in [7, 11) is 0. The molecule has 30 heavy (non-hydrogen) atoms. The fourth-order valence-electron chi connectivity index (χ4n) is 4.01. The van der Waals surface area contributed by atoms with E-state index in [0.717, 1.165) is 62.2 Å². The number of nitrogens with zero attached hydrogens (tertiary/aromatic N) is 1. The molecule has 2 aliphatic rings. The lowest BCUT2D eigenvalue weighted by Gasteiger charge is -2.36. The maximum absolute atomic E-state index is 5.82. The molecule has 0 aromatic heterocycles. The highest BCUT2D eigenvalue weighted by atomic mass is 16.5. The lowest BCUT2D eigenvalue weighted by Crippen LogP contribution is -2.39. The number of benzene rings is 2. The third-order valence-corrected chi connectivity index (χ3v) is 5.73. The van der Waals surface area contributed by atoms with Crippen molar-refractivity contribution >= 4 is 11.6 Å². The van der Waals surface area contributed by atoms with Crippen molar-refractivity contribution < 1.29 is 14.2 Å². The van der Waals surface area contributed by atoms with Crippen molar-refractivity contribution in [3.8, 4) is 11.5 Å². The normalized spacial score (nSPS) is 18.4. The first-order valence-corrected chi connectivity index (χ1v) is 10.9. The van der Waals surface area contributed by atoms with Gasteiger partial charge in [-0.15, -0.1) is 0 Å². The van der Waals surface area contributed by atoms with Crippen molar-refractivity contribution in [3.05, 3.63) is 54.1 Å². The van der Waals surface area contributed by atoms with E-state index in [1.807, 2.05) is 18.2 Å². The highest BCUT2D eigenvalue weighted by molar-refractivity contribution is 5.94. The Morgan fingerprint density at radius 1 is 0.967 bits per heavy atom. The molecule has 2 aromatic rings. The van der Waals surface area contributed by atoms with Crippen LogP contribution in [0.4, 0.5) is 5.69 Å². The molecule has 0 bridgehead atoms. The summed E-state index contributed by atoms with van der Waals surface area (Å²) < 4.78 is 17.2. The van der Waals surface area contributed by atoms with Crippen molar-refractivity contribution in [2.75, 3.05) is 44.8 Å². The van der Waals surface area contributed by atoms with Crippen LogP contribution in [0.3, 0.4) is 0 Å². The molecule has 6 heteroatoms. The van der Waals surface area contributed by atoms with Crippen LogP contribution in [0.1, 0.15) is 31.7 Å². The van der Waals surface area contributed by atoms with E-state index in [2.05, 4.69) is 47.9 Å². The average molecular weight is 410 g/mol. The van der Waals surface area contributed by atoms with Gasteiger partial charge in [-0.1, -0.05) is 30.3 Å². The summed E-state index contributed by atoms with van der Waals surface area (Å²) in [6.45, 7) is 6.49. The van der Waals surface area contributed by atoms with Crippen molar-refractivity contribution in [3.63, 3.8) is 0 Å². The van der Waals surface area contributed by atoms with Gasteiger partial charge in [-0.05, 0) is 37.5 Å². The summed E-state index contributed by atoms with van der Waals surface area (Å²) in [5, 5.41) is 6.80. The molecule has 2 N–H and O–H groups in total. The first kappa shape index (κ1) is 20.5. The molecule has 0 radical (unpaired) electrons. The van der Waals surface area contributed by atoms with Gasteiger partial charge in [0.15, 0.2) is 17.5 Å². The molecule has 1 fully saturated rings. The van der Waals surface area contributed by atoms with Crippen LogP contribution in [0.15, 0.2) is 53.5 Å². The second-order valence-corrected chi connectivity index (χ2v) is 7.79. The highest BCUT2D eigenvalue weighted by Gasteiger charge is 2.34. The van der Waals surface area contributed by atoms with Gasteiger partial charge >= 0.3 is 0 Å². The van der Waals surface area contributed by atoms with Crippen LogP contribution in [-0.4, -0.2) is 45.5 Å². The topological polar surface area (TPSA) is 64.1 Å². The minimum atomic E-state index is 0.00653. The summed E-state index contributed by atoms with van der Waals surface area (Å²) in [4.78, 5) is 4.98. The van der Waals surface area contributed by atoms with E-state index in [-0.39, 0.29) is 5.41 Å². The fraction of sp³-hybridized carbons (Fsp3) is 0.458. The monoisotopic (exact) mass is 409 g/mol. The number of fused-ring (bicyclic) bond motifs is 1. The molecule has 1 saturated heterocycles. The van der Waals surface area contributed by atoms with Crippen LogP contribution in [0.5, 0.6) is 11.5 Å². The van der Waals surface area contributed by atoms with Gasteiger partial charge in [0.25, 0.3) is 0 Å². The van der Waals surface area contributed by atoms with E-state index in [1.54, 1.807) is 0 Å². The van der Waals surface area contributed by atoms with E-state index in [1.165, 1.54) is 5.56 Å². The lowest BCUT2D eigenvalue weighted by molar-refractivity contribution is 0.0531. The van der Waals surface area contributed by atoms with Gasteiger partial charge in [-0.2, -0.15) is 0 Å². The van der Waals surface area contributed by atoms with Crippen LogP contribution < -0.4 is 20.1 Å². The van der Waals surface area contributed by atoms with Crippen LogP contribution in [0.2, 0.25) is 0 Å². The largest absolute Gasteiger partial charge is 0.490 e. The molecule has 0 spiro atoms. The zero-order chi connectivity index (χ0) is 20.7. The first-order valence-electron chi connectivity index (χ1n) is 10.9. The number of hydrogen-bond acceptors (Lipinski definition) is 4. The number of anilines is 1. The number of hydrogen-bond donors (Lipinski definition) is 2. The van der Waals surface area contributed by atoms with E-state index >= 15 is 0 Å². The Kier molecular flexibility index (Phi) is 6.74. The summed E-state index contributed by atoms with van der Waals surface area (Å²) >= 11 is 0. The predicted molar refractivity (Wildman–Crippen MR) is 120 cm³/mol. The molecule has 4 rings (SSSR count). The van der Waals surface area contributed by atoms with Crippen molar-refractivity contribution in [1.82, 2.24) is 5.32 Å². The van der Waals surface area contributed by atoms with Crippen LogP contribution >= 0.6 is 0 Å². The maximum atomic E-state index is 5.82. The standard InChI is InChI=1S/C24H31N3O3/c1-2-25-23(27-20-9-10-21-22(17-20)30-14-6-13-29-21)26-18-24(11-15-28-16-12-24)19-7-4-3-5-8-19/h3-5,7-10,17H,2,6,11-16,18H2,1H3,(H2,25,26,27). The summed E-state index contributed by atoms with van der Waals surface area (Å²) in [6, 6.07) is 16.6. The maximum Gasteiger partial charge on any atom is 0.195 e. The SMILES string of the molecule is CCNC(=NCC1(c2ccccc2)CCOCC1)Nc1ccc2c(c1)OCCCO2. The van der Waals surface area contributed by atoms with Gasteiger partial charge in [0.1, 0.15) is 0 Å². The van der Waals surface area contributed by atoms with Crippen molar-refractivity contribution in [2.24, 2.45) is 4.99 Å². The Morgan fingerprint density at radius 2 is 1.73 bits per heavy atom. The second-order valence-electron chi connectivity index (χ2n) is 7.79. The molecule has 160 valence electrons. The third kappa shape index (κ3) is 4.87. The summed E-state index contributed by atoms with van der Waals surface area (Å²) in [5.41, 5.74) is 2.27. The molecule has 2 heterocycles. The third-order valence-electron chi connectivity index (χ3n) is 5.73. The van der Waals surface area contributed by atoms with Crippen molar-refractivity contribution in [1.29, 1.82) is 0 Å². The minimum Gasteiger partial charge on any atom is -0.490 e. The fourth-order valence-corrected chi connectivity index (χ4v) is 4.01. The van der Waals surface area contributed by atoms with Crippen LogP contribution in [0.25, 0.3) is 0 Å². The van der Waals surface area contributed by atoms with Gasteiger partial charge in [0, 0.05) is 43.3 Å². The quantitative estimate of drug-likeness (QED) is 0.578. The summed E-state index contributed by atoms with van der Waals surface area (Å²) in [5.74, 6) is 2.34. The molecule has 0 aliphatic carbocycles. The van der Waals surface area contributed by atoms with Gasteiger partial charge in [-0.3, -0.25) is 4.99 Å². The predicted octanol–water partition coefficient (Wildman–Crippen LogP) is 3.97. The Hall–Kier alpha value is -2.73. The van der Waals surface area contributed by atoms with Crippen LogP contribution in [0, 0.1) is 0 Å². The number of rotatable bonds is 5. The smallest absolute Gasteiger partial charge is 0.195 e. The number of nitrogens with one attached hydrogen (secondary N) is 2. The molecule has 0 atom stereocenters. The van der Waals surface area contributed by atoms with Crippen LogP contribution in [-0.2, 0) is 10.2 Å².